The van der Waals surface area contributed by atoms with Crippen molar-refractivity contribution in [3.8, 4) is 0 Å². The number of hydrogen-bond donors (Lipinski definition) is 0. The Morgan fingerprint density at radius 2 is 1.81 bits per heavy atom. The van der Waals surface area contributed by atoms with Crippen molar-refractivity contribution >= 4 is 11.6 Å². The van der Waals surface area contributed by atoms with E-state index in [-0.39, 0.29) is 12.5 Å². The molecule has 0 radical (unpaired) electrons. The Balaban J connectivity index is 1.30. The van der Waals surface area contributed by atoms with Crippen molar-refractivity contribution < 1.29 is 9.53 Å². The Hall–Kier alpha value is -2.40. The van der Waals surface area contributed by atoms with Gasteiger partial charge in [0, 0.05) is 57.3 Å². The lowest BCUT2D eigenvalue weighted by Crippen LogP contribution is -2.45. The van der Waals surface area contributed by atoms with Crippen LogP contribution in [-0.2, 0) is 9.53 Å². The topological polar surface area (TPSA) is 45.7 Å². The van der Waals surface area contributed by atoms with Crippen LogP contribution in [0.1, 0.15) is 35.8 Å². The fourth-order valence-corrected chi connectivity index (χ4v) is 4.15. The Labute approximate surface area is 161 Å². The molecule has 0 atom stereocenters. The average Bonchev–Trinajstić information content (AvgIpc) is 2.69. The number of rotatable bonds is 5. The van der Waals surface area contributed by atoms with Gasteiger partial charge < -0.3 is 14.5 Å². The third kappa shape index (κ3) is 3.98. The second-order valence-electron chi connectivity index (χ2n) is 7.57. The third-order valence-electron chi connectivity index (χ3n) is 5.88. The van der Waals surface area contributed by atoms with Gasteiger partial charge >= 0.3 is 0 Å². The number of benzene rings is 1. The standard InChI is InChI=1S/C22H27N3O2/c1-27-16-22(26)24-11-8-18(9-12-24)17-4-6-21(7-5-17)25-14-20(15-25)19-3-2-10-23-13-19/h2-7,10,13,18,20H,8-9,11-12,14-16H2,1H3. The van der Waals surface area contributed by atoms with Crippen molar-refractivity contribution in [2.75, 3.05) is 44.8 Å². The first-order chi connectivity index (χ1) is 13.2. The molecule has 2 saturated heterocycles. The normalized spacial score (nSPS) is 18.4. The number of carbonyl (C=O) groups excluding carboxylic acids is 1. The lowest BCUT2D eigenvalue weighted by Gasteiger charge is -2.41. The highest BCUT2D eigenvalue weighted by molar-refractivity contribution is 5.77. The van der Waals surface area contributed by atoms with E-state index < -0.39 is 0 Å². The van der Waals surface area contributed by atoms with Gasteiger partial charge in [0.15, 0.2) is 0 Å². The molecule has 5 heteroatoms. The number of carbonyl (C=O) groups is 1. The number of methoxy groups -OCH3 is 1. The molecule has 2 aromatic rings. The zero-order valence-corrected chi connectivity index (χ0v) is 15.9. The maximum Gasteiger partial charge on any atom is 0.248 e. The molecule has 2 aliphatic rings. The molecule has 5 nitrogen and oxygen atoms in total. The van der Waals surface area contributed by atoms with E-state index in [9.17, 15) is 4.79 Å². The SMILES string of the molecule is COCC(=O)N1CCC(c2ccc(N3CC(c4cccnc4)C3)cc2)CC1. The van der Waals surface area contributed by atoms with E-state index in [0.29, 0.717) is 11.8 Å². The molecule has 0 saturated carbocycles. The summed E-state index contributed by atoms with van der Waals surface area (Å²) < 4.78 is 4.96. The summed E-state index contributed by atoms with van der Waals surface area (Å²) in [6.07, 6.45) is 5.87. The van der Waals surface area contributed by atoms with Crippen molar-refractivity contribution in [3.63, 3.8) is 0 Å². The molecule has 0 bridgehead atoms. The minimum atomic E-state index is 0.104. The van der Waals surface area contributed by atoms with E-state index in [1.165, 1.54) is 16.8 Å². The van der Waals surface area contributed by atoms with Crippen LogP contribution in [0.15, 0.2) is 48.8 Å². The zero-order valence-electron chi connectivity index (χ0n) is 15.9. The molecule has 0 aliphatic carbocycles. The van der Waals surface area contributed by atoms with Gasteiger partial charge in [0.05, 0.1) is 0 Å². The molecular formula is C22H27N3O2. The van der Waals surface area contributed by atoms with Crippen molar-refractivity contribution in [2.24, 2.45) is 0 Å². The van der Waals surface area contributed by atoms with Gasteiger partial charge in [-0.2, -0.15) is 0 Å². The summed E-state index contributed by atoms with van der Waals surface area (Å²) in [5.74, 6) is 1.24. The van der Waals surface area contributed by atoms with Crippen LogP contribution in [-0.4, -0.2) is 55.7 Å². The summed E-state index contributed by atoms with van der Waals surface area (Å²) >= 11 is 0. The summed E-state index contributed by atoms with van der Waals surface area (Å²) in [6, 6.07) is 13.2. The number of aromatic nitrogens is 1. The van der Waals surface area contributed by atoms with Crippen LogP contribution in [0.2, 0.25) is 0 Å². The molecule has 3 heterocycles. The number of pyridine rings is 1. The first-order valence-corrected chi connectivity index (χ1v) is 9.76. The van der Waals surface area contributed by atoms with Crippen molar-refractivity contribution in [2.45, 2.75) is 24.7 Å². The molecule has 1 aromatic carbocycles. The first kappa shape index (κ1) is 18.0. The van der Waals surface area contributed by atoms with Crippen molar-refractivity contribution in [3.05, 3.63) is 59.9 Å². The van der Waals surface area contributed by atoms with E-state index in [0.717, 1.165) is 39.0 Å². The second kappa shape index (κ2) is 8.09. The first-order valence-electron chi connectivity index (χ1n) is 9.76. The Bertz CT molecular complexity index is 749. The van der Waals surface area contributed by atoms with Gasteiger partial charge in [-0.05, 0) is 48.1 Å². The number of likely N-dealkylation sites (tertiary alicyclic amines) is 1. The monoisotopic (exact) mass is 365 g/mol. The van der Waals surface area contributed by atoms with Crippen LogP contribution >= 0.6 is 0 Å². The van der Waals surface area contributed by atoms with Crippen molar-refractivity contribution in [1.82, 2.24) is 9.88 Å². The van der Waals surface area contributed by atoms with Crippen LogP contribution in [0.25, 0.3) is 0 Å². The number of amides is 1. The molecule has 4 rings (SSSR count). The number of ether oxygens (including phenoxy) is 1. The smallest absolute Gasteiger partial charge is 0.248 e. The zero-order chi connectivity index (χ0) is 18.6. The highest BCUT2D eigenvalue weighted by atomic mass is 16.5. The largest absolute Gasteiger partial charge is 0.375 e. The third-order valence-corrected chi connectivity index (χ3v) is 5.88. The molecular weight excluding hydrogens is 338 g/mol. The summed E-state index contributed by atoms with van der Waals surface area (Å²) in [4.78, 5) is 20.5. The highest BCUT2D eigenvalue weighted by Gasteiger charge is 2.29. The predicted molar refractivity (Wildman–Crippen MR) is 106 cm³/mol. The van der Waals surface area contributed by atoms with Gasteiger partial charge in [0.1, 0.15) is 6.61 Å². The van der Waals surface area contributed by atoms with E-state index in [1.54, 1.807) is 7.11 Å². The molecule has 0 unspecified atom stereocenters. The van der Waals surface area contributed by atoms with Gasteiger partial charge in [-0.25, -0.2) is 0 Å². The quantitative estimate of drug-likeness (QED) is 0.817. The molecule has 2 fully saturated rings. The van der Waals surface area contributed by atoms with Gasteiger partial charge in [-0.15, -0.1) is 0 Å². The summed E-state index contributed by atoms with van der Waals surface area (Å²) in [5, 5.41) is 0. The average molecular weight is 365 g/mol. The maximum atomic E-state index is 11.9. The fourth-order valence-electron chi connectivity index (χ4n) is 4.15. The van der Waals surface area contributed by atoms with Gasteiger partial charge in [0.25, 0.3) is 0 Å². The molecule has 142 valence electrons. The summed E-state index contributed by atoms with van der Waals surface area (Å²) in [6.45, 7) is 3.96. The molecule has 27 heavy (non-hydrogen) atoms. The van der Waals surface area contributed by atoms with E-state index in [4.69, 9.17) is 4.74 Å². The minimum Gasteiger partial charge on any atom is -0.375 e. The Kier molecular flexibility index (Phi) is 5.39. The van der Waals surface area contributed by atoms with Gasteiger partial charge in [0.2, 0.25) is 5.91 Å². The van der Waals surface area contributed by atoms with E-state index >= 15 is 0 Å². The second-order valence-corrected chi connectivity index (χ2v) is 7.57. The predicted octanol–water partition coefficient (Wildman–Crippen LogP) is 3.04. The highest BCUT2D eigenvalue weighted by Crippen LogP contribution is 2.33. The summed E-state index contributed by atoms with van der Waals surface area (Å²) in [5.41, 5.74) is 4.02. The molecule has 1 aromatic heterocycles. The molecule has 0 N–H and O–H groups in total. The lowest BCUT2D eigenvalue weighted by molar-refractivity contribution is -0.136. The number of piperidine rings is 1. The van der Waals surface area contributed by atoms with Gasteiger partial charge in [-0.1, -0.05) is 18.2 Å². The number of nitrogens with zero attached hydrogens (tertiary/aromatic N) is 3. The number of anilines is 1. The van der Waals surface area contributed by atoms with Crippen molar-refractivity contribution in [1.29, 1.82) is 0 Å². The Morgan fingerprint density at radius 3 is 2.44 bits per heavy atom. The molecule has 1 amide bonds. The van der Waals surface area contributed by atoms with Crippen LogP contribution in [0.5, 0.6) is 0 Å². The minimum absolute atomic E-state index is 0.104. The van der Waals surface area contributed by atoms with Crippen LogP contribution in [0, 0.1) is 0 Å². The maximum absolute atomic E-state index is 11.9. The van der Waals surface area contributed by atoms with E-state index in [1.807, 2.05) is 23.4 Å². The van der Waals surface area contributed by atoms with Crippen LogP contribution in [0.3, 0.4) is 0 Å². The lowest BCUT2D eigenvalue weighted by atomic mass is 9.88. The fraction of sp³-hybridized carbons (Fsp3) is 0.455. The van der Waals surface area contributed by atoms with Crippen LogP contribution < -0.4 is 4.90 Å². The molecule has 0 spiro atoms. The van der Waals surface area contributed by atoms with Gasteiger partial charge in [-0.3, -0.25) is 9.78 Å². The van der Waals surface area contributed by atoms with Crippen LogP contribution in [0.4, 0.5) is 5.69 Å². The Morgan fingerprint density at radius 1 is 1.07 bits per heavy atom. The summed E-state index contributed by atoms with van der Waals surface area (Å²) in [7, 11) is 1.57. The molecule has 2 aliphatic heterocycles. The number of hydrogen-bond acceptors (Lipinski definition) is 4. The van der Waals surface area contributed by atoms with E-state index in [2.05, 4.69) is 40.2 Å².